The van der Waals surface area contributed by atoms with Gasteiger partial charge in [-0.1, -0.05) is 0 Å². The fraction of sp³-hybridized carbons (Fsp3) is 0.429. The van der Waals surface area contributed by atoms with Crippen molar-refractivity contribution < 1.29 is 14.0 Å². The Bertz CT molecular complexity index is 473. The van der Waals surface area contributed by atoms with Crippen molar-refractivity contribution in [2.45, 2.75) is 19.3 Å². The molecule has 0 radical (unpaired) electrons. The van der Waals surface area contributed by atoms with Gasteiger partial charge >= 0.3 is 6.03 Å². The molecule has 0 spiro atoms. The normalized spacial score (nSPS) is 19.2. The third-order valence-electron chi connectivity index (χ3n) is 3.47. The van der Waals surface area contributed by atoms with Gasteiger partial charge in [-0.05, 0) is 43.0 Å². The maximum absolute atomic E-state index is 12.8. The quantitative estimate of drug-likeness (QED) is 0.850. The van der Waals surface area contributed by atoms with Crippen molar-refractivity contribution in [2.75, 3.05) is 13.1 Å². The van der Waals surface area contributed by atoms with Crippen LogP contribution >= 0.6 is 0 Å². The molecule has 2 amide bonds. The van der Waals surface area contributed by atoms with Crippen molar-refractivity contribution >= 4 is 11.8 Å². The second-order valence-corrected chi connectivity index (χ2v) is 4.93. The number of hydrogen-bond donors (Lipinski definition) is 1. The molecule has 19 heavy (non-hydrogen) atoms. The number of rotatable bonds is 3. The van der Waals surface area contributed by atoms with Crippen LogP contribution in [0.1, 0.15) is 29.6 Å². The van der Waals surface area contributed by atoms with E-state index in [1.54, 1.807) is 4.90 Å². The van der Waals surface area contributed by atoms with Gasteiger partial charge in [-0.3, -0.25) is 4.79 Å². The zero-order chi connectivity index (χ0) is 13.8. The van der Waals surface area contributed by atoms with E-state index in [0.717, 1.165) is 12.8 Å². The van der Waals surface area contributed by atoms with E-state index in [4.69, 9.17) is 5.73 Å². The molecule has 4 nitrogen and oxygen atoms in total. The van der Waals surface area contributed by atoms with Gasteiger partial charge in [0.2, 0.25) is 0 Å². The van der Waals surface area contributed by atoms with E-state index in [1.807, 2.05) is 0 Å². The molecule has 1 fully saturated rings. The number of nitrogens with two attached hydrogens (primary N) is 1. The van der Waals surface area contributed by atoms with Gasteiger partial charge in [-0.25, -0.2) is 9.18 Å². The number of piperidine rings is 1. The molecule has 1 atom stereocenters. The second-order valence-electron chi connectivity index (χ2n) is 4.93. The first-order chi connectivity index (χ1) is 9.06. The molecular formula is C14H17FN2O2. The van der Waals surface area contributed by atoms with Gasteiger partial charge in [-0.15, -0.1) is 0 Å². The van der Waals surface area contributed by atoms with E-state index in [0.29, 0.717) is 25.1 Å². The van der Waals surface area contributed by atoms with Gasteiger partial charge in [0.1, 0.15) is 5.82 Å². The van der Waals surface area contributed by atoms with Crippen LogP contribution in [0.15, 0.2) is 24.3 Å². The lowest BCUT2D eigenvalue weighted by atomic mass is 9.91. The molecule has 1 aliphatic heterocycles. The summed E-state index contributed by atoms with van der Waals surface area (Å²) in [5.41, 5.74) is 5.76. The molecule has 5 heteroatoms. The molecule has 2 rings (SSSR count). The van der Waals surface area contributed by atoms with Crippen LogP contribution in [-0.2, 0) is 0 Å². The SMILES string of the molecule is NC(=O)N1CCCC(CC(=O)c2ccc(F)cc2)C1. The van der Waals surface area contributed by atoms with Crippen LogP contribution in [0.4, 0.5) is 9.18 Å². The zero-order valence-electron chi connectivity index (χ0n) is 10.6. The first-order valence-electron chi connectivity index (χ1n) is 6.39. The number of halogens is 1. The molecule has 1 unspecified atom stereocenters. The Balaban J connectivity index is 1.95. The monoisotopic (exact) mass is 264 g/mol. The Morgan fingerprint density at radius 1 is 1.32 bits per heavy atom. The average Bonchev–Trinajstić information content (AvgIpc) is 2.39. The third kappa shape index (κ3) is 3.53. The lowest BCUT2D eigenvalue weighted by Crippen LogP contribution is -2.43. The highest BCUT2D eigenvalue weighted by molar-refractivity contribution is 5.96. The van der Waals surface area contributed by atoms with Crippen LogP contribution in [0.2, 0.25) is 0 Å². The number of benzene rings is 1. The minimum absolute atomic E-state index is 0.0173. The number of carbonyl (C=O) groups excluding carboxylic acids is 2. The predicted octanol–water partition coefficient (Wildman–Crippen LogP) is 2.19. The number of urea groups is 1. The van der Waals surface area contributed by atoms with Crippen LogP contribution in [0, 0.1) is 11.7 Å². The maximum Gasteiger partial charge on any atom is 0.314 e. The summed E-state index contributed by atoms with van der Waals surface area (Å²) in [6.45, 7) is 1.19. The summed E-state index contributed by atoms with van der Waals surface area (Å²) in [6, 6.07) is 5.12. The van der Waals surface area contributed by atoms with Crippen LogP contribution in [-0.4, -0.2) is 29.8 Å². The van der Waals surface area contributed by atoms with Crippen LogP contribution < -0.4 is 5.73 Å². The number of likely N-dealkylation sites (tertiary alicyclic amines) is 1. The first kappa shape index (κ1) is 13.5. The fourth-order valence-corrected chi connectivity index (χ4v) is 2.45. The summed E-state index contributed by atoms with van der Waals surface area (Å²) in [5.74, 6) is -0.232. The van der Waals surface area contributed by atoms with Crippen molar-refractivity contribution in [3.05, 3.63) is 35.6 Å². The van der Waals surface area contributed by atoms with Crippen molar-refractivity contribution in [3.8, 4) is 0 Å². The van der Waals surface area contributed by atoms with E-state index in [1.165, 1.54) is 24.3 Å². The van der Waals surface area contributed by atoms with E-state index in [2.05, 4.69) is 0 Å². The summed E-state index contributed by atoms with van der Waals surface area (Å²) in [5, 5.41) is 0. The Morgan fingerprint density at radius 3 is 2.63 bits per heavy atom. The predicted molar refractivity (Wildman–Crippen MR) is 69.2 cm³/mol. The molecule has 0 saturated carbocycles. The fourth-order valence-electron chi connectivity index (χ4n) is 2.45. The molecule has 102 valence electrons. The van der Waals surface area contributed by atoms with Gasteiger partial charge in [-0.2, -0.15) is 0 Å². The minimum Gasteiger partial charge on any atom is -0.351 e. The highest BCUT2D eigenvalue weighted by Crippen LogP contribution is 2.21. The van der Waals surface area contributed by atoms with Gasteiger partial charge in [0.05, 0.1) is 0 Å². The van der Waals surface area contributed by atoms with E-state index in [-0.39, 0.29) is 17.5 Å². The molecule has 0 aromatic heterocycles. The number of ketones is 1. The maximum atomic E-state index is 12.8. The van der Waals surface area contributed by atoms with Gasteiger partial charge in [0, 0.05) is 25.1 Å². The summed E-state index contributed by atoms with van der Waals surface area (Å²) in [4.78, 5) is 24.7. The molecule has 0 aliphatic carbocycles. The topological polar surface area (TPSA) is 63.4 Å². The largest absolute Gasteiger partial charge is 0.351 e. The molecule has 1 aromatic carbocycles. The molecule has 1 aromatic rings. The van der Waals surface area contributed by atoms with Crippen molar-refractivity contribution in [2.24, 2.45) is 11.7 Å². The Hall–Kier alpha value is -1.91. The number of nitrogens with zero attached hydrogens (tertiary/aromatic N) is 1. The van der Waals surface area contributed by atoms with Crippen molar-refractivity contribution in [3.63, 3.8) is 0 Å². The minimum atomic E-state index is -0.432. The number of primary amides is 1. The van der Waals surface area contributed by atoms with Crippen LogP contribution in [0.25, 0.3) is 0 Å². The molecule has 2 N–H and O–H groups in total. The summed E-state index contributed by atoms with van der Waals surface area (Å²) < 4.78 is 12.8. The van der Waals surface area contributed by atoms with E-state index in [9.17, 15) is 14.0 Å². The Labute approximate surface area is 111 Å². The van der Waals surface area contributed by atoms with Gasteiger partial charge in [0.15, 0.2) is 5.78 Å². The summed E-state index contributed by atoms with van der Waals surface area (Å²) in [7, 11) is 0. The van der Waals surface area contributed by atoms with Gasteiger partial charge in [0.25, 0.3) is 0 Å². The average molecular weight is 264 g/mol. The number of hydrogen-bond acceptors (Lipinski definition) is 2. The molecule has 1 aliphatic rings. The summed E-state index contributed by atoms with van der Waals surface area (Å²) in [6.07, 6.45) is 2.15. The smallest absolute Gasteiger partial charge is 0.314 e. The number of carbonyl (C=O) groups is 2. The van der Waals surface area contributed by atoms with Crippen molar-refractivity contribution in [1.29, 1.82) is 0 Å². The molecule has 1 saturated heterocycles. The highest BCUT2D eigenvalue weighted by Gasteiger charge is 2.24. The molecule has 1 heterocycles. The Kier molecular flexibility index (Phi) is 4.14. The third-order valence-corrected chi connectivity index (χ3v) is 3.47. The molecular weight excluding hydrogens is 247 g/mol. The van der Waals surface area contributed by atoms with Gasteiger partial charge < -0.3 is 10.6 Å². The zero-order valence-corrected chi connectivity index (χ0v) is 10.6. The van der Waals surface area contributed by atoms with E-state index >= 15 is 0 Å². The molecule has 0 bridgehead atoms. The van der Waals surface area contributed by atoms with E-state index < -0.39 is 6.03 Å². The lowest BCUT2D eigenvalue weighted by molar-refractivity contribution is 0.0930. The number of Topliss-reactive ketones (excluding diaryl/α,β-unsaturated/α-hetero) is 1. The van der Waals surface area contributed by atoms with Crippen LogP contribution in [0.5, 0.6) is 0 Å². The first-order valence-corrected chi connectivity index (χ1v) is 6.39. The van der Waals surface area contributed by atoms with Crippen molar-refractivity contribution in [1.82, 2.24) is 4.90 Å². The summed E-state index contributed by atoms with van der Waals surface area (Å²) >= 11 is 0. The highest BCUT2D eigenvalue weighted by atomic mass is 19.1. The Morgan fingerprint density at radius 2 is 2.00 bits per heavy atom. The second kappa shape index (κ2) is 5.82. The standard InChI is InChI=1S/C14H17FN2O2/c15-12-5-3-11(4-6-12)13(18)8-10-2-1-7-17(9-10)14(16)19/h3-6,10H,1-2,7-9H2,(H2,16,19). The van der Waals surface area contributed by atoms with Crippen LogP contribution in [0.3, 0.4) is 0 Å². The number of amides is 2. The lowest BCUT2D eigenvalue weighted by Gasteiger charge is -2.31.